The number of fused-ring (bicyclic) bond motifs is 15. The van der Waals surface area contributed by atoms with Gasteiger partial charge in [0, 0.05) is 0 Å². The third-order valence-electron chi connectivity index (χ3n) is 13.6. The third-order valence-corrected chi connectivity index (χ3v) is 16.0. The van der Waals surface area contributed by atoms with Crippen molar-refractivity contribution in [3.05, 3.63) is 144 Å². The Hall–Kier alpha value is -5.61. The summed E-state index contributed by atoms with van der Waals surface area (Å²) in [5, 5.41) is 6.41. The Morgan fingerprint density at radius 1 is 0.517 bits per heavy atom. The van der Waals surface area contributed by atoms with E-state index in [1.54, 1.807) is 0 Å². The number of aromatic nitrogens is 3. The Kier molecular flexibility index (Phi) is 7.27. The summed E-state index contributed by atoms with van der Waals surface area (Å²) in [5.74, 6) is 0. The molecule has 0 saturated carbocycles. The van der Waals surface area contributed by atoms with Crippen LogP contribution in [-0.2, 0) is 16.2 Å². The molecule has 0 atom stereocenters. The van der Waals surface area contributed by atoms with E-state index < -0.39 is 0 Å². The van der Waals surface area contributed by atoms with Gasteiger partial charge in [0.15, 0.2) is 0 Å². The topological polar surface area (TPSA) is 22.2 Å². The van der Waals surface area contributed by atoms with Crippen LogP contribution in [0.2, 0.25) is 0 Å². The molecule has 3 nitrogen and oxygen atoms in total. The Morgan fingerprint density at radius 3 is 1.97 bits per heavy atom. The molecule has 0 aliphatic carbocycles. The van der Waals surface area contributed by atoms with Crippen LogP contribution in [0, 0.1) is 0 Å². The number of pyridine rings is 1. The molecule has 2 aliphatic rings. The molecule has 292 valence electrons. The fourth-order valence-corrected chi connectivity index (χ4v) is 12.9. The summed E-state index contributed by atoms with van der Waals surface area (Å²) in [5.41, 5.74) is 19.5. The van der Waals surface area contributed by atoms with E-state index in [0.717, 1.165) is 16.7 Å². The fraction of sp³-hybridized carbons (Fsp3) is 0.218. The zero-order chi connectivity index (χ0) is 41.2. The second-order valence-corrected chi connectivity index (χ2v) is 22.8. The molecular formula is C55H48BN3Se. The number of hydrogen-bond donors (Lipinski definition) is 0. The van der Waals surface area contributed by atoms with Crippen LogP contribution in [0.3, 0.4) is 0 Å². The molecule has 10 aromatic rings. The number of para-hydroxylation sites is 3. The van der Waals surface area contributed by atoms with Crippen LogP contribution in [-0.4, -0.2) is 35.6 Å². The first-order chi connectivity index (χ1) is 28.6. The van der Waals surface area contributed by atoms with Crippen molar-refractivity contribution < 1.29 is 0 Å². The molecule has 5 heteroatoms. The normalized spacial score (nSPS) is 14.0. The number of imidazole rings is 1. The molecule has 60 heavy (non-hydrogen) atoms. The predicted molar refractivity (Wildman–Crippen MR) is 260 cm³/mol. The first kappa shape index (κ1) is 36.3. The van der Waals surface area contributed by atoms with Crippen molar-refractivity contribution in [3.63, 3.8) is 0 Å². The molecule has 5 heterocycles. The molecule has 0 radical (unpaired) electrons. The van der Waals surface area contributed by atoms with Crippen molar-refractivity contribution in [2.75, 3.05) is 0 Å². The quantitative estimate of drug-likeness (QED) is 0.119. The zero-order valence-electron chi connectivity index (χ0n) is 36.0. The van der Waals surface area contributed by atoms with Crippen LogP contribution in [0.15, 0.2) is 127 Å². The van der Waals surface area contributed by atoms with E-state index in [-0.39, 0.29) is 37.9 Å². The molecule has 0 N–H and O–H groups in total. The number of benzene rings is 7. The van der Waals surface area contributed by atoms with E-state index >= 15 is 0 Å². The molecule has 3 aromatic heterocycles. The van der Waals surface area contributed by atoms with Crippen molar-refractivity contribution in [1.82, 2.24) is 14.0 Å². The summed E-state index contributed by atoms with van der Waals surface area (Å²) in [6.45, 7) is 21.3. The molecule has 7 aromatic carbocycles. The van der Waals surface area contributed by atoms with E-state index in [1.165, 1.54) is 102 Å². The molecule has 12 rings (SSSR count). The SMILES string of the molecule is CC(C)(C)c1ccc2c(c1)B1c3c(cc(-c4cccc5c4c4ccccc4n4c6ccccc6nc54)cc3-n3c4ccc(C(C)(C)C)cc4c4cc(C(C)(C)C)cc1c43)[Se]2. The van der Waals surface area contributed by atoms with Crippen molar-refractivity contribution in [3.8, 4) is 16.8 Å². The Balaban J connectivity index is 1.23. The summed E-state index contributed by atoms with van der Waals surface area (Å²) in [4.78, 5) is 5.29. The van der Waals surface area contributed by atoms with Gasteiger partial charge in [-0.25, -0.2) is 0 Å². The van der Waals surface area contributed by atoms with Gasteiger partial charge in [0.25, 0.3) is 0 Å². The number of nitrogens with zero attached hydrogens (tertiary/aromatic N) is 3. The van der Waals surface area contributed by atoms with Crippen molar-refractivity contribution in [2.45, 2.75) is 78.6 Å². The molecule has 0 bridgehead atoms. The second kappa shape index (κ2) is 12.0. The van der Waals surface area contributed by atoms with Crippen LogP contribution in [0.5, 0.6) is 0 Å². The van der Waals surface area contributed by atoms with Gasteiger partial charge in [-0.3, -0.25) is 0 Å². The molecule has 0 spiro atoms. The average molecular weight is 841 g/mol. The van der Waals surface area contributed by atoms with Crippen molar-refractivity contribution >= 4 is 107 Å². The first-order valence-electron chi connectivity index (χ1n) is 21.5. The van der Waals surface area contributed by atoms with Crippen LogP contribution in [0.25, 0.3) is 77.0 Å². The summed E-state index contributed by atoms with van der Waals surface area (Å²) in [6, 6.07) is 49.3. The average Bonchev–Trinajstić information content (AvgIpc) is 3.77. The van der Waals surface area contributed by atoms with Gasteiger partial charge < -0.3 is 0 Å². The van der Waals surface area contributed by atoms with E-state index in [2.05, 4.69) is 199 Å². The monoisotopic (exact) mass is 841 g/mol. The van der Waals surface area contributed by atoms with Gasteiger partial charge in [-0.15, -0.1) is 0 Å². The van der Waals surface area contributed by atoms with Gasteiger partial charge >= 0.3 is 361 Å². The van der Waals surface area contributed by atoms with Crippen molar-refractivity contribution in [2.24, 2.45) is 0 Å². The Morgan fingerprint density at radius 2 is 1.18 bits per heavy atom. The van der Waals surface area contributed by atoms with Crippen LogP contribution < -0.4 is 25.3 Å². The van der Waals surface area contributed by atoms with Gasteiger partial charge in [-0.05, 0) is 0 Å². The molecule has 0 amide bonds. The number of rotatable bonds is 1. The van der Waals surface area contributed by atoms with Gasteiger partial charge in [0.1, 0.15) is 0 Å². The number of hydrogen-bond acceptors (Lipinski definition) is 1. The summed E-state index contributed by atoms with van der Waals surface area (Å²) >= 11 is 0.115. The summed E-state index contributed by atoms with van der Waals surface area (Å²) < 4.78 is 8.01. The predicted octanol–water partition coefficient (Wildman–Crippen LogP) is 10.2. The van der Waals surface area contributed by atoms with Gasteiger partial charge in [0.05, 0.1) is 0 Å². The molecule has 0 saturated heterocycles. The zero-order valence-corrected chi connectivity index (χ0v) is 37.7. The maximum absolute atomic E-state index is 5.29. The van der Waals surface area contributed by atoms with E-state index in [9.17, 15) is 0 Å². The minimum atomic E-state index is -0.00827. The van der Waals surface area contributed by atoms with E-state index in [0.29, 0.717) is 0 Å². The first-order valence-corrected chi connectivity index (χ1v) is 23.2. The van der Waals surface area contributed by atoms with Crippen LogP contribution >= 0.6 is 0 Å². The van der Waals surface area contributed by atoms with Crippen LogP contribution in [0.1, 0.15) is 79.0 Å². The molecule has 0 unspecified atom stereocenters. The third kappa shape index (κ3) is 5.00. The van der Waals surface area contributed by atoms with E-state index in [1.807, 2.05) is 0 Å². The Labute approximate surface area is 358 Å². The molecule has 2 aliphatic heterocycles. The molecular weight excluding hydrogens is 792 g/mol. The Bertz CT molecular complexity index is 3530. The van der Waals surface area contributed by atoms with Gasteiger partial charge in [-0.2, -0.15) is 0 Å². The van der Waals surface area contributed by atoms with Crippen molar-refractivity contribution in [1.29, 1.82) is 0 Å². The second-order valence-electron chi connectivity index (χ2n) is 20.5. The van der Waals surface area contributed by atoms with Crippen LogP contribution in [0.4, 0.5) is 0 Å². The summed E-state index contributed by atoms with van der Waals surface area (Å²) in [6.07, 6.45) is 0. The van der Waals surface area contributed by atoms with Gasteiger partial charge in [-0.1, -0.05) is 0 Å². The van der Waals surface area contributed by atoms with Gasteiger partial charge in [0.2, 0.25) is 0 Å². The minimum absolute atomic E-state index is 0.00827. The molecule has 0 fully saturated rings. The van der Waals surface area contributed by atoms with E-state index in [4.69, 9.17) is 4.98 Å². The summed E-state index contributed by atoms with van der Waals surface area (Å²) in [7, 11) is 0. The standard InChI is InChI=1S/C55H48BN3Se/c1-53(2,3)32-21-23-44-38(27-32)39-28-34(55(7,8)9)30-41-51(39)58(44)46-25-31(26-48-50(46)56(41)40-29-33(54(4,5)6)22-24-47(40)60-48)35-16-14-17-37-49(35)36-15-10-12-19-43(36)59-45-20-13-11-18-42(45)57-52(37)59/h10-30H,1-9H3. The maximum atomic E-state index is 5.29. The fourth-order valence-electron chi connectivity index (χ4n) is 10.4.